The van der Waals surface area contributed by atoms with Crippen LogP contribution in [0.15, 0.2) is 24.3 Å². The number of hydrogen-bond acceptors (Lipinski definition) is 3. The number of carbonyl (C=O) groups is 1. The second-order valence-electron chi connectivity index (χ2n) is 6.16. The molecule has 1 atom stereocenters. The molecule has 4 heteroatoms. The standard InChI is InChI=1S/C18H29N3O/c1-4-20(5-2)17-10-8-16(9-11-17)19-13-18(22)21-12-6-7-15(3)14-21/h8-11,15,19H,4-7,12-14H2,1-3H3. The molecule has 1 N–H and O–H groups in total. The number of nitrogens with one attached hydrogen (secondary N) is 1. The summed E-state index contributed by atoms with van der Waals surface area (Å²) in [6.07, 6.45) is 2.37. The van der Waals surface area contributed by atoms with Gasteiger partial charge in [-0.25, -0.2) is 0 Å². The molecule has 0 bridgehead atoms. The third-order valence-corrected chi connectivity index (χ3v) is 4.45. The fourth-order valence-corrected chi connectivity index (χ4v) is 3.08. The molecule has 1 fully saturated rings. The Bertz CT molecular complexity index is 468. The third-order valence-electron chi connectivity index (χ3n) is 4.45. The number of piperidine rings is 1. The molecule has 4 nitrogen and oxygen atoms in total. The highest BCUT2D eigenvalue weighted by Crippen LogP contribution is 2.18. The smallest absolute Gasteiger partial charge is 0.241 e. The Balaban J connectivity index is 1.85. The van der Waals surface area contributed by atoms with E-state index in [1.54, 1.807) is 0 Å². The normalized spacial score (nSPS) is 18.1. The molecule has 0 saturated carbocycles. The monoisotopic (exact) mass is 303 g/mol. The Hall–Kier alpha value is -1.71. The van der Waals surface area contributed by atoms with E-state index in [1.807, 2.05) is 4.90 Å². The van der Waals surface area contributed by atoms with Crippen molar-refractivity contribution in [2.45, 2.75) is 33.6 Å². The van der Waals surface area contributed by atoms with E-state index in [1.165, 1.54) is 12.1 Å². The van der Waals surface area contributed by atoms with Crippen molar-refractivity contribution < 1.29 is 4.79 Å². The van der Waals surface area contributed by atoms with Gasteiger partial charge in [0, 0.05) is 37.6 Å². The molecule has 1 aliphatic heterocycles. The number of rotatable bonds is 6. The molecule has 1 unspecified atom stereocenters. The lowest BCUT2D eigenvalue weighted by Gasteiger charge is -2.31. The van der Waals surface area contributed by atoms with Crippen LogP contribution in [0.3, 0.4) is 0 Å². The summed E-state index contributed by atoms with van der Waals surface area (Å²) in [7, 11) is 0. The molecule has 1 saturated heterocycles. The van der Waals surface area contributed by atoms with Gasteiger partial charge in [0.2, 0.25) is 5.91 Å². The number of carbonyl (C=O) groups excluding carboxylic acids is 1. The van der Waals surface area contributed by atoms with E-state index < -0.39 is 0 Å². The summed E-state index contributed by atoms with van der Waals surface area (Å²) in [6, 6.07) is 8.34. The van der Waals surface area contributed by atoms with Crippen molar-refractivity contribution in [3.05, 3.63) is 24.3 Å². The molecule has 1 aromatic carbocycles. The SMILES string of the molecule is CCN(CC)c1ccc(NCC(=O)N2CCCC(C)C2)cc1. The Morgan fingerprint density at radius 3 is 2.55 bits per heavy atom. The van der Waals surface area contributed by atoms with E-state index in [4.69, 9.17) is 0 Å². The van der Waals surface area contributed by atoms with Crippen molar-refractivity contribution in [2.24, 2.45) is 5.92 Å². The van der Waals surface area contributed by atoms with E-state index in [0.717, 1.165) is 38.3 Å². The van der Waals surface area contributed by atoms with E-state index in [0.29, 0.717) is 12.5 Å². The molecule has 0 radical (unpaired) electrons. The van der Waals surface area contributed by atoms with Gasteiger partial charge in [0.1, 0.15) is 0 Å². The minimum atomic E-state index is 0.208. The molecule has 0 aliphatic carbocycles. The van der Waals surface area contributed by atoms with E-state index in [-0.39, 0.29) is 5.91 Å². The van der Waals surface area contributed by atoms with Crippen molar-refractivity contribution >= 4 is 17.3 Å². The van der Waals surface area contributed by atoms with Crippen molar-refractivity contribution in [1.82, 2.24) is 4.90 Å². The summed E-state index contributed by atoms with van der Waals surface area (Å²) < 4.78 is 0. The summed E-state index contributed by atoms with van der Waals surface area (Å²) in [5, 5.41) is 3.25. The van der Waals surface area contributed by atoms with Gasteiger partial charge in [0.05, 0.1) is 6.54 Å². The molecule has 122 valence electrons. The first-order valence-electron chi connectivity index (χ1n) is 8.50. The second-order valence-corrected chi connectivity index (χ2v) is 6.16. The Kier molecular flexibility index (Phi) is 6.10. The average Bonchev–Trinajstić information content (AvgIpc) is 2.55. The fourth-order valence-electron chi connectivity index (χ4n) is 3.08. The number of benzene rings is 1. The summed E-state index contributed by atoms with van der Waals surface area (Å²) >= 11 is 0. The first-order chi connectivity index (χ1) is 10.6. The van der Waals surface area contributed by atoms with Crippen LogP contribution in [0, 0.1) is 5.92 Å². The summed E-state index contributed by atoms with van der Waals surface area (Å²) in [5.41, 5.74) is 2.24. The van der Waals surface area contributed by atoms with Crippen molar-refractivity contribution in [3.8, 4) is 0 Å². The van der Waals surface area contributed by atoms with Gasteiger partial charge in [0.25, 0.3) is 0 Å². The highest BCUT2D eigenvalue weighted by atomic mass is 16.2. The van der Waals surface area contributed by atoms with E-state index in [9.17, 15) is 4.79 Å². The molecule has 0 aromatic heterocycles. The lowest BCUT2D eigenvalue weighted by Crippen LogP contribution is -2.41. The van der Waals surface area contributed by atoms with Crippen LogP contribution in [0.25, 0.3) is 0 Å². The lowest BCUT2D eigenvalue weighted by molar-refractivity contribution is -0.130. The predicted molar refractivity (Wildman–Crippen MR) is 93.5 cm³/mol. The fraction of sp³-hybridized carbons (Fsp3) is 0.611. The average molecular weight is 303 g/mol. The maximum Gasteiger partial charge on any atom is 0.241 e. The number of amides is 1. The molecular formula is C18H29N3O. The third kappa shape index (κ3) is 4.39. The quantitative estimate of drug-likeness (QED) is 0.876. The van der Waals surface area contributed by atoms with Crippen molar-refractivity contribution in [3.63, 3.8) is 0 Å². The van der Waals surface area contributed by atoms with Gasteiger partial charge >= 0.3 is 0 Å². The lowest BCUT2D eigenvalue weighted by atomic mass is 10.0. The van der Waals surface area contributed by atoms with Crippen LogP contribution in [0.1, 0.15) is 33.6 Å². The van der Waals surface area contributed by atoms with Crippen LogP contribution in [0.4, 0.5) is 11.4 Å². The maximum atomic E-state index is 12.2. The zero-order valence-electron chi connectivity index (χ0n) is 14.1. The molecule has 0 spiro atoms. The Morgan fingerprint density at radius 2 is 1.95 bits per heavy atom. The first kappa shape index (κ1) is 16.7. The van der Waals surface area contributed by atoms with Gasteiger partial charge in [0.15, 0.2) is 0 Å². The Labute approximate surface area is 134 Å². The van der Waals surface area contributed by atoms with Gasteiger partial charge < -0.3 is 15.1 Å². The summed E-state index contributed by atoms with van der Waals surface area (Å²) in [4.78, 5) is 16.5. The maximum absolute atomic E-state index is 12.2. The minimum Gasteiger partial charge on any atom is -0.376 e. The van der Waals surface area contributed by atoms with Gasteiger partial charge in [-0.3, -0.25) is 4.79 Å². The number of nitrogens with zero attached hydrogens (tertiary/aromatic N) is 2. The van der Waals surface area contributed by atoms with Gasteiger partial charge in [-0.2, -0.15) is 0 Å². The highest BCUT2D eigenvalue weighted by molar-refractivity contribution is 5.81. The molecule has 1 heterocycles. The van der Waals surface area contributed by atoms with Crippen LogP contribution in [0.5, 0.6) is 0 Å². The number of anilines is 2. The zero-order valence-corrected chi connectivity index (χ0v) is 14.1. The van der Waals surface area contributed by atoms with Crippen molar-refractivity contribution in [2.75, 3.05) is 42.9 Å². The number of likely N-dealkylation sites (tertiary alicyclic amines) is 1. The first-order valence-corrected chi connectivity index (χ1v) is 8.50. The summed E-state index contributed by atoms with van der Waals surface area (Å²) in [6.45, 7) is 10.8. The molecule has 1 aliphatic rings. The predicted octanol–water partition coefficient (Wildman–Crippen LogP) is 3.20. The van der Waals surface area contributed by atoms with Crippen LogP contribution in [-0.2, 0) is 4.79 Å². The van der Waals surface area contributed by atoms with Crippen molar-refractivity contribution in [1.29, 1.82) is 0 Å². The minimum absolute atomic E-state index is 0.208. The Morgan fingerprint density at radius 1 is 1.27 bits per heavy atom. The topological polar surface area (TPSA) is 35.6 Å². The van der Waals surface area contributed by atoms with E-state index >= 15 is 0 Å². The van der Waals surface area contributed by atoms with Gasteiger partial charge in [-0.15, -0.1) is 0 Å². The largest absolute Gasteiger partial charge is 0.376 e. The van der Waals surface area contributed by atoms with E-state index in [2.05, 4.69) is 55.3 Å². The molecule has 22 heavy (non-hydrogen) atoms. The highest BCUT2D eigenvalue weighted by Gasteiger charge is 2.20. The van der Waals surface area contributed by atoms with Crippen LogP contribution >= 0.6 is 0 Å². The van der Waals surface area contributed by atoms with Crippen LogP contribution < -0.4 is 10.2 Å². The van der Waals surface area contributed by atoms with Crippen LogP contribution in [-0.4, -0.2) is 43.5 Å². The number of hydrogen-bond donors (Lipinski definition) is 1. The molecule has 1 amide bonds. The molecular weight excluding hydrogens is 274 g/mol. The van der Waals surface area contributed by atoms with Gasteiger partial charge in [-0.1, -0.05) is 6.92 Å². The van der Waals surface area contributed by atoms with Crippen LogP contribution in [0.2, 0.25) is 0 Å². The molecule has 1 aromatic rings. The summed E-state index contributed by atoms with van der Waals surface area (Å²) in [5.74, 6) is 0.838. The van der Waals surface area contributed by atoms with Gasteiger partial charge in [-0.05, 0) is 56.9 Å². The zero-order chi connectivity index (χ0) is 15.9. The molecule has 2 rings (SSSR count). The second kappa shape index (κ2) is 8.06.